The molecule has 0 spiro atoms. The molecule has 0 aliphatic heterocycles. The van der Waals surface area contributed by atoms with E-state index in [-0.39, 0.29) is 0 Å². The molecule has 0 bridgehead atoms. The van der Waals surface area contributed by atoms with Crippen molar-refractivity contribution in [1.29, 1.82) is 0 Å². The minimum atomic E-state index is 1.18. The van der Waals surface area contributed by atoms with Gasteiger partial charge in [-0.15, -0.1) is 0 Å². The van der Waals surface area contributed by atoms with Crippen LogP contribution in [-0.2, 0) is 6.42 Å². The number of benzene rings is 3. The maximum Gasteiger partial charge on any atom is -0.0175 e. The van der Waals surface area contributed by atoms with Crippen LogP contribution >= 0.6 is 0 Å². The first kappa shape index (κ1) is 11.3. The lowest BCUT2D eigenvalue weighted by Crippen LogP contribution is -1.89. The van der Waals surface area contributed by atoms with E-state index in [4.69, 9.17) is 0 Å². The quantitative estimate of drug-likeness (QED) is 0.531. The topological polar surface area (TPSA) is 0 Å². The zero-order valence-corrected chi connectivity index (χ0v) is 11.0. The predicted molar refractivity (Wildman–Crippen MR) is 80.2 cm³/mol. The first-order valence-corrected chi connectivity index (χ1v) is 6.70. The fourth-order valence-electron chi connectivity index (χ4n) is 2.69. The van der Waals surface area contributed by atoms with Crippen molar-refractivity contribution in [2.75, 3.05) is 0 Å². The van der Waals surface area contributed by atoms with Crippen molar-refractivity contribution in [3.05, 3.63) is 59.7 Å². The minimum Gasteiger partial charge on any atom is -0.0651 e. The van der Waals surface area contributed by atoms with Crippen molar-refractivity contribution in [3.63, 3.8) is 0 Å². The molecule has 3 aromatic carbocycles. The molecule has 0 nitrogen and oxygen atoms in total. The highest BCUT2D eigenvalue weighted by atomic mass is 14.1. The molecule has 0 amide bonds. The predicted octanol–water partition coefficient (Wildman–Crippen LogP) is 5.25. The third-order valence-corrected chi connectivity index (χ3v) is 3.68. The molecule has 0 aromatic heterocycles. The lowest BCUT2D eigenvalue weighted by Gasteiger charge is -2.08. The van der Waals surface area contributed by atoms with Crippen molar-refractivity contribution >= 4 is 21.5 Å². The Hall–Kier alpha value is -1.82. The van der Waals surface area contributed by atoms with Gasteiger partial charge in [0, 0.05) is 0 Å². The molecule has 0 heterocycles. The van der Waals surface area contributed by atoms with E-state index in [1.165, 1.54) is 45.5 Å². The van der Waals surface area contributed by atoms with E-state index in [9.17, 15) is 0 Å². The van der Waals surface area contributed by atoms with Crippen molar-refractivity contribution in [1.82, 2.24) is 0 Å². The van der Waals surface area contributed by atoms with E-state index < -0.39 is 0 Å². The summed E-state index contributed by atoms with van der Waals surface area (Å²) in [4.78, 5) is 0. The van der Waals surface area contributed by atoms with Crippen molar-refractivity contribution < 1.29 is 0 Å². The van der Waals surface area contributed by atoms with Crippen LogP contribution in [0.1, 0.15) is 24.5 Å². The van der Waals surface area contributed by atoms with Gasteiger partial charge in [0.2, 0.25) is 0 Å². The molecule has 0 aliphatic carbocycles. The summed E-state index contributed by atoms with van der Waals surface area (Å²) in [6, 6.07) is 17.9. The molecule has 0 fully saturated rings. The van der Waals surface area contributed by atoms with Gasteiger partial charge in [0.05, 0.1) is 0 Å². The van der Waals surface area contributed by atoms with Crippen LogP contribution in [0.5, 0.6) is 0 Å². The Bertz CT molecular complexity index is 708. The van der Waals surface area contributed by atoms with Crippen LogP contribution in [0, 0.1) is 6.92 Å². The SMILES string of the molecule is CCCc1cc2cc3ccccc3cc2cc1C. The highest BCUT2D eigenvalue weighted by molar-refractivity contribution is 5.98. The van der Waals surface area contributed by atoms with Crippen LogP contribution < -0.4 is 0 Å². The summed E-state index contributed by atoms with van der Waals surface area (Å²) in [6.45, 7) is 4.46. The summed E-state index contributed by atoms with van der Waals surface area (Å²) in [5.74, 6) is 0. The van der Waals surface area contributed by atoms with Gasteiger partial charge in [-0.2, -0.15) is 0 Å². The second-order valence-corrected chi connectivity index (χ2v) is 5.08. The molecular formula is C18H18. The molecule has 0 saturated heterocycles. The Labute approximate surface area is 108 Å². The summed E-state index contributed by atoms with van der Waals surface area (Å²) in [7, 11) is 0. The third kappa shape index (κ3) is 1.88. The van der Waals surface area contributed by atoms with Crippen molar-refractivity contribution in [2.24, 2.45) is 0 Å². The van der Waals surface area contributed by atoms with Crippen molar-refractivity contribution in [2.45, 2.75) is 26.7 Å². The Kier molecular flexibility index (Phi) is 2.79. The Morgan fingerprint density at radius 1 is 0.778 bits per heavy atom. The van der Waals surface area contributed by atoms with Gasteiger partial charge in [-0.05, 0) is 58.1 Å². The van der Waals surface area contributed by atoms with Gasteiger partial charge in [-0.1, -0.05) is 49.7 Å². The maximum absolute atomic E-state index is 2.36. The lowest BCUT2D eigenvalue weighted by molar-refractivity contribution is 0.915. The van der Waals surface area contributed by atoms with Gasteiger partial charge in [0.25, 0.3) is 0 Å². The number of hydrogen-bond donors (Lipinski definition) is 0. The van der Waals surface area contributed by atoms with Crippen LogP contribution in [-0.4, -0.2) is 0 Å². The number of aryl methyl sites for hydroxylation is 2. The third-order valence-electron chi connectivity index (χ3n) is 3.68. The van der Waals surface area contributed by atoms with E-state index >= 15 is 0 Å². The zero-order chi connectivity index (χ0) is 12.5. The van der Waals surface area contributed by atoms with Crippen LogP contribution in [0.25, 0.3) is 21.5 Å². The van der Waals surface area contributed by atoms with E-state index in [1.807, 2.05) is 0 Å². The smallest absolute Gasteiger partial charge is 0.0175 e. The standard InChI is InChI=1S/C18H18/c1-3-6-14-10-18-12-16-8-5-4-7-15(16)11-17(18)9-13(14)2/h4-5,7-12H,3,6H2,1-2H3. The van der Waals surface area contributed by atoms with Crippen LogP contribution in [0.4, 0.5) is 0 Å². The molecular weight excluding hydrogens is 216 g/mol. The Balaban J connectivity index is 2.29. The first-order chi connectivity index (χ1) is 8.78. The summed E-state index contributed by atoms with van der Waals surface area (Å²) in [5.41, 5.74) is 2.90. The Morgan fingerprint density at radius 2 is 1.39 bits per heavy atom. The van der Waals surface area contributed by atoms with Gasteiger partial charge in [0.1, 0.15) is 0 Å². The fraction of sp³-hybridized carbons (Fsp3) is 0.222. The monoisotopic (exact) mass is 234 g/mol. The number of hydrogen-bond acceptors (Lipinski definition) is 0. The average molecular weight is 234 g/mol. The highest BCUT2D eigenvalue weighted by Crippen LogP contribution is 2.26. The molecule has 0 radical (unpaired) electrons. The molecule has 0 unspecified atom stereocenters. The summed E-state index contributed by atoms with van der Waals surface area (Å²) >= 11 is 0. The summed E-state index contributed by atoms with van der Waals surface area (Å²) in [5, 5.41) is 5.37. The Morgan fingerprint density at radius 3 is 2.00 bits per heavy atom. The zero-order valence-electron chi connectivity index (χ0n) is 11.0. The average Bonchev–Trinajstić information content (AvgIpc) is 2.38. The lowest BCUT2D eigenvalue weighted by atomic mass is 9.96. The maximum atomic E-state index is 2.36. The summed E-state index contributed by atoms with van der Waals surface area (Å²) in [6.07, 6.45) is 2.38. The molecule has 0 saturated carbocycles. The van der Waals surface area contributed by atoms with Gasteiger partial charge in [0.15, 0.2) is 0 Å². The van der Waals surface area contributed by atoms with Crippen LogP contribution in [0.3, 0.4) is 0 Å². The second kappa shape index (κ2) is 4.45. The van der Waals surface area contributed by atoms with Crippen LogP contribution in [0.2, 0.25) is 0 Å². The van der Waals surface area contributed by atoms with E-state index in [2.05, 4.69) is 62.4 Å². The second-order valence-electron chi connectivity index (χ2n) is 5.08. The molecule has 3 rings (SSSR count). The van der Waals surface area contributed by atoms with Gasteiger partial charge in [-0.25, -0.2) is 0 Å². The van der Waals surface area contributed by atoms with E-state index in [0.29, 0.717) is 0 Å². The van der Waals surface area contributed by atoms with E-state index in [1.54, 1.807) is 0 Å². The highest BCUT2D eigenvalue weighted by Gasteiger charge is 2.02. The van der Waals surface area contributed by atoms with Gasteiger partial charge in [-0.3, -0.25) is 0 Å². The molecule has 0 atom stereocenters. The fourth-order valence-corrected chi connectivity index (χ4v) is 2.69. The first-order valence-electron chi connectivity index (χ1n) is 6.70. The number of fused-ring (bicyclic) bond motifs is 2. The molecule has 18 heavy (non-hydrogen) atoms. The van der Waals surface area contributed by atoms with Gasteiger partial charge < -0.3 is 0 Å². The van der Waals surface area contributed by atoms with Gasteiger partial charge >= 0.3 is 0 Å². The largest absolute Gasteiger partial charge is 0.0651 e. The van der Waals surface area contributed by atoms with E-state index in [0.717, 1.165) is 0 Å². The molecule has 0 N–H and O–H groups in total. The minimum absolute atomic E-state index is 1.18. The molecule has 90 valence electrons. The number of rotatable bonds is 2. The molecule has 0 heteroatoms. The normalized spacial score (nSPS) is 11.2. The molecule has 3 aromatic rings. The van der Waals surface area contributed by atoms with Crippen LogP contribution in [0.15, 0.2) is 48.5 Å². The molecule has 0 aliphatic rings. The summed E-state index contributed by atoms with van der Waals surface area (Å²) < 4.78 is 0. The van der Waals surface area contributed by atoms with Crippen molar-refractivity contribution in [3.8, 4) is 0 Å².